The number of amides is 2. The van der Waals surface area contributed by atoms with E-state index in [4.69, 9.17) is 22.2 Å². The number of pyridine rings is 1. The number of thioether (sulfide) groups is 1. The Labute approximate surface area is 217 Å². The molecule has 1 saturated heterocycles. The molecule has 3 aromatic rings. The molecule has 2 amide bonds. The quantitative estimate of drug-likeness (QED) is 0.171. The number of fused-ring (bicyclic) bond motifs is 2. The van der Waals surface area contributed by atoms with Crippen LogP contribution < -0.4 is 20.7 Å². The van der Waals surface area contributed by atoms with Crippen LogP contribution in [0.2, 0.25) is 4.34 Å². The van der Waals surface area contributed by atoms with Crippen molar-refractivity contribution in [2.24, 2.45) is 5.16 Å². The predicted octanol–water partition coefficient (Wildman–Crippen LogP) is -0.626. The SMILES string of the molecule is CO/N=C(\C(=O)N[C@@H]1C(=O)N2C(C(=O)[O-])=C(C[n+]3cc4ccccn4c3)CS[C@@H]12)c1nc(N)sc1Cl. The molecule has 15 heteroatoms. The Morgan fingerprint density at radius 3 is 2.92 bits per heavy atom. The molecule has 0 aromatic carbocycles. The van der Waals surface area contributed by atoms with E-state index in [1.807, 2.05) is 45.9 Å². The van der Waals surface area contributed by atoms with Crippen LogP contribution in [-0.4, -0.2) is 62.1 Å². The van der Waals surface area contributed by atoms with Gasteiger partial charge in [0.15, 0.2) is 16.4 Å². The summed E-state index contributed by atoms with van der Waals surface area (Å²) in [6.45, 7) is 0.264. The summed E-state index contributed by atoms with van der Waals surface area (Å²) in [7, 11) is 1.24. The van der Waals surface area contributed by atoms with E-state index in [9.17, 15) is 19.5 Å². The van der Waals surface area contributed by atoms with Crippen molar-refractivity contribution >= 4 is 68.8 Å². The smallest absolute Gasteiger partial charge is 0.276 e. The maximum absolute atomic E-state index is 13.0. The van der Waals surface area contributed by atoms with E-state index < -0.39 is 29.2 Å². The van der Waals surface area contributed by atoms with Crippen LogP contribution in [0.1, 0.15) is 5.69 Å². The standard InChI is InChI=1S/C21H18ClN7O5S2/c1-34-26-13(12-16(22)36-21(23)25-12)17(30)24-14-18(31)29-15(20(32)33)10(8-35-19(14)29)6-27-7-11-4-2-3-5-28(11)9-27/h2-5,7,9,14,19H,6,8H2,1H3,(H3-,23,24,25,30,32,33)/b26-13-/t14-,19+/m1/s1. The van der Waals surface area contributed by atoms with Gasteiger partial charge in [0.1, 0.15) is 41.3 Å². The summed E-state index contributed by atoms with van der Waals surface area (Å²) in [4.78, 5) is 47.9. The molecule has 5 heterocycles. The number of thiazole rings is 1. The summed E-state index contributed by atoms with van der Waals surface area (Å²) >= 11 is 8.40. The third-order valence-corrected chi connectivity index (χ3v) is 8.04. The number of hydrogen-bond acceptors (Lipinski definition) is 10. The molecular weight excluding hydrogens is 530 g/mol. The summed E-state index contributed by atoms with van der Waals surface area (Å²) in [5.41, 5.74) is 6.71. The summed E-state index contributed by atoms with van der Waals surface area (Å²) in [5, 5.41) is 17.8. The van der Waals surface area contributed by atoms with Crippen molar-refractivity contribution in [1.82, 2.24) is 19.6 Å². The zero-order valence-corrected chi connectivity index (χ0v) is 21.0. The van der Waals surface area contributed by atoms with Crippen molar-refractivity contribution < 1.29 is 28.9 Å². The number of nitrogens with one attached hydrogen (secondary N) is 1. The highest BCUT2D eigenvalue weighted by molar-refractivity contribution is 8.00. The van der Waals surface area contributed by atoms with Crippen molar-refractivity contribution in [2.45, 2.75) is 18.0 Å². The van der Waals surface area contributed by atoms with Crippen LogP contribution in [0.5, 0.6) is 0 Å². The first-order chi connectivity index (χ1) is 17.3. The number of oxime groups is 1. The minimum Gasteiger partial charge on any atom is -0.543 e. The Hall–Kier alpha value is -3.62. The third kappa shape index (κ3) is 4.16. The van der Waals surface area contributed by atoms with Gasteiger partial charge in [0.25, 0.3) is 11.8 Å². The molecule has 5 rings (SSSR count). The van der Waals surface area contributed by atoms with Crippen LogP contribution in [0.25, 0.3) is 5.52 Å². The fourth-order valence-corrected chi connectivity index (χ4v) is 6.37. The first-order valence-electron chi connectivity index (χ1n) is 10.5. The van der Waals surface area contributed by atoms with E-state index in [-0.39, 0.29) is 33.1 Å². The summed E-state index contributed by atoms with van der Waals surface area (Å²) in [5.74, 6) is -2.46. The Balaban J connectivity index is 1.36. The van der Waals surface area contributed by atoms with Crippen LogP contribution in [0.15, 0.2) is 53.3 Å². The van der Waals surface area contributed by atoms with Gasteiger partial charge in [-0.3, -0.25) is 14.5 Å². The molecular formula is C21H18ClN7O5S2. The molecule has 0 saturated carbocycles. The fraction of sp³-hybridized carbons (Fsp3) is 0.238. The van der Waals surface area contributed by atoms with Gasteiger partial charge in [-0.15, -0.1) is 11.8 Å². The number of aromatic nitrogens is 3. The number of nitrogen functional groups attached to an aromatic ring is 1. The number of rotatable bonds is 7. The van der Waals surface area contributed by atoms with Crippen molar-refractivity contribution in [3.63, 3.8) is 0 Å². The molecule has 0 spiro atoms. The van der Waals surface area contributed by atoms with Crippen molar-refractivity contribution in [1.29, 1.82) is 0 Å². The number of carbonyl (C=O) groups is 3. The van der Waals surface area contributed by atoms with E-state index in [1.165, 1.54) is 18.9 Å². The number of nitrogens with zero attached hydrogens (tertiary/aromatic N) is 5. The Kier molecular flexibility index (Phi) is 6.32. The first-order valence-corrected chi connectivity index (χ1v) is 12.7. The van der Waals surface area contributed by atoms with Crippen molar-refractivity contribution in [3.05, 3.63) is 58.2 Å². The van der Waals surface area contributed by atoms with Crippen molar-refractivity contribution in [2.75, 3.05) is 18.6 Å². The second-order valence-electron chi connectivity index (χ2n) is 7.85. The van der Waals surface area contributed by atoms with Gasteiger partial charge >= 0.3 is 0 Å². The minimum absolute atomic E-state index is 0.0213. The summed E-state index contributed by atoms with van der Waals surface area (Å²) in [6, 6.07) is 4.73. The molecule has 0 radical (unpaired) electrons. The van der Waals surface area contributed by atoms with E-state index >= 15 is 0 Å². The lowest BCUT2D eigenvalue weighted by Gasteiger charge is -2.50. The van der Waals surface area contributed by atoms with Crippen LogP contribution in [0.3, 0.4) is 0 Å². The van der Waals surface area contributed by atoms with E-state index in [0.29, 0.717) is 11.3 Å². The first kappa shape index (κ1) is 24.1. The summed E-state index contributed by atoms with van der Waals surface area (Å²) < 4.78 is 3.88. The Morgan fingerprint density at radius 1 is 1.44 bits per heavy atom. The lowest BCUT2D eigenvalue weighted by molar-refractivity contribution is -0.687. The molecule has 3 N–H and O–H groups in total. The van der Waals surface area contributed by atoms with Gasteiger partial charge in [-0.2, -0.15) is 0 Å². The normalized spacial score (nSPS) is 19.8. The average molecular weight is 548 g/mol. The van der Waals surface area contributed by atoms with E-state index in [1.54, 1.807) is 0 Å². The molecule has 12 nitrogen and oxygen atoms in total. The van der Waals surface area contributed by atoms with Crippen LogP contribution in [0, 0.1) is 0 Å². The van der Waals surface area contributed by atoms with E-state index in [0.717, 1.165) is 21.8 Å². The number of halogens is 1. The number of aliphatic carboxylic acids is 1. The molecule has 2 aliphatic rings. The molecule has 186 valence electrons. The van der Waals surface area contributed by atoms with Gasteiger partial charge in [-0.05, 0) is 12.1 Å². The number of hydrogen-bond donors (Lipinski definition) is 2. The number of anilines is 1. The summed E-state index contributed by atoms with van der Waals surface area (Å²) in [6.07, 6.45) is 5.59. The molecule has 2 aliphatic heterocycles. The third-order valence-electron chi connectivity index (χ3n) is 5.62. The highest BCUT2D eigenvalue weighted by Crippen LogP contribution is 2.40. The zero-order chi connectivity index (χ0) is 25.6. The van der Waals surface area contributed by atoms with Crippen LogP contribution >= 0.6 is 34.7 Å². The topological polar surface area (TPSA) is 158 Å². The number of imidazole rings is 1. The lowest BCUT2D eigenvalue weighted by Crippen LogP contribution is -2.71. The minimum atomic E-state index is -1.45. The lowest BCUT2D eigenvalue weighted by atomic mass is 10.0. The second kappa shape index (κ2) is 9.44. The Morgan fingerprint density at radius 2 is 2.25 bits per heavy atom. The average Bonchev–Trinajstić information content (AvgIpc) is 3.41. The van der Waals surface area contributed by atoms with Gasteiger partial charge in [0.05, 0.1) is 17.9 Å². The van der Waals surface area contributed by atoms with Gasteiger partial charge in [-0.25, -0.2) is 14.0 Å². The van der Waals surface area contributed by atoms with E-state index in [2.05, 4.69) is 15.5 Å². The maximum atomic E-state index is 13.0. The molecule has 36 heavy (non-hydrogen) atoms. The zero-order valence-electron chi connectivity index (χ0n) is 18.6. The number of carbonyl (C=O) groups excluding carboxylic acids is 3. The molecule has 0 bridgehead atoms. The van der Waals surface area contributed by atoms with Gasteiger partial charge in [0.2, 0.25) is 6.33 Å². The Bertz CT molecular complexity index is 1430. The molecule has 3 aromatic heterocycles. The highest BCUT2D eigenvalue weighted by Gasteiger charge is 2.53. The van der Waals surface area contributed by atoms with Gasteiger partial charge < -0.3 is 25.8 Å². The van der Waals surface area contributed by atoms with Crippen LogP contribution in [0.4, 0.5) is 5.13 Å². The van der Waals surface area contributed by atoms with Crippen LogP contribution in [-0.2, 0) is 25.8 Å². The number of nitrogens with two attached hydrogens (primary N) is 1. The van der Waals surface area contributed by atoms with Crippen molar-refractivity contribution in [3.8, 4) is 0 Å². The van der Waals surface area contributed by atoms with Gasteiger partial charge in [-0.1, -0.05) is 34.2 Å². The number of carboxylic acid groups (broad SMARTS) is 1. The fourth-order valence-electron chi connectivity index (χ4n) is 4.10. The van der Waals surface area contributed by atoms with Gasteiger partial charge in [0, 0.05) is 11.3 Å². The number of β-lactam (4-membered cyclic amide) rings is 1. The molecule has 0 aliphatic carbocycles. The largest absolute Gasteiger partial charge is 0.543 e. The number of carboxylic acids is 1. The monoisotopic (exact) mass is 547 g/mol. The maximum Gasteiger partial charge on any atom is 0.276 e. The molecule has 1 fully saturated rings. The molecule has 0 unspecified atom stereocenters. The molecule has 2 atom stereocenters. The highest BCUT2D eigenvalue weighted by atomic mass is 35.5. The second-order valence-corrected chi connectivity index (χ2v) is 10.6. The predicted molar refractivity (Wildman–Crippen MR) is 130 cm³/mol.